The maximum Gasteiger partial charge on any atom is 0.244 e. The lowest BCUT2D eigenvalue weighted by molar-refractivity contribution is -0.116. The monoisotopic (exact) mass is 320 g/mol. The van der Waals surface area contributed by atoms with E-state index in [0.29, 0.717) is 37.8 Å². The number of hydrogen-bond donors (Lipinski definition) is 2. The molecule has 0 atom stereocenters. The van der Waals surface area contributed by atoms with Gasteiger partial charge in [0, 0.05) is 25.8 Å². The minimum Gasteiger partial charge on any atom is -0.491 e. The quantitative estimate of drug-likeness (QED) is 0.373. The van der Waals surface area contributed by atoms with Crippen molar-refractivity contribution < 1.29 is 14.3 Å². The third-order valence-corrected chi connectivity index (χ3v) is 3.19. The molecule has 1 rings (SSSR count). The molecule has 23 heavy (non-hydrogen) atoms. The van der Waals surface area contributed by atoms with Crippen LogP contribution in [0.4, 0.5) is 5.69 Å². The molecule has 0 radical (unpaired) electrons. The highest BCUT2D eigenvalue weighted by Gasteiger charge is 2.01. The Labute approximate surface area is 138 Å². The van der Waals surface area contributed by atoms with Gasteiger partial charge in [-0.15, -0.1) is 0 Å². The first kappa shape index (κ1) is 19.0. The first-order valence-electron chi connectivity index (χ1n) is 8.23. The molecule has 3 N–H and O–H groups in total. The lowest BCUT2D eigenvalue weighted by Gasteiger charge is -2.08. The number of nitrogens with two attached hydrogens (primary N) is 1. The van der Waals surface area contributed by atoms with Gasteiger partial charge in [-0.2, -0.15) is 0 Å². The maximum absolute atomic E-state index is 11.7. The van der Waals surface area contributed by atoms with Gasteiger partial charge in [0.2, 0.25) is 5.91 Å². The van der Waals surface area contributed by atoms with Crippen molar-refractivity contribution in [2.75, 3.05) is 32.1 Å². The van der Waals surface area contributed by atoms with Crippen LogP contribution in [-0.2, 0) is 9.53 Å². The summed E-state index contributed by atoms with van der Waals surface area (Å²) < 4.78 is 10.8. The molecule has 1 amide bonds. The second-order valence-electron chi connectivity index (χ2n) is 5.17. The summed E-state index contributed by atoms with van der Waals surface area (Å²) in [5.41, 5.74) is 7.42. The Balaban J connectivity index is 2.40. The Morgan fingerprint density at radius 1 is 1.26 bits per heavy atom. The van der Waals surface area contributed by atoms with Crippen LogP contribution in [0.25, 0.3) is 6.08 Å². The number of hydrogen-bond acceptors (Lipinski definition) is 4. The van der Waals surface area contributed by atoms with E-state index in [1.54, 1.807) is 12.1 Å². The molecule has 0 heterocycles. The Kier molecular flexibility index (Phi) is 9.55. The molecule has 1 aromatic carbocycles. The fraction of sp³-hybridized carbons (Fsp3) is 0.500. The summed E-state index contributed by atoms with van der Waals surface area (Å²) in [4.78, 5) is 11.7. The average molecular weight is 320 g/mol. The van der Waals surface area contributed by atoms with Crippen LogP contribution in [0.15, 0.2) is 24.3 Å². The predicted molar refractivity (Wildman–Crippen MR) is 94.4 cm³/mol. The van der Waals surface area contributed by atoms with E-state index in [0.717, 1.165) is 24.8 Å². The van der Waals surface area contributed by atoms with E-state index in [1.165, 1.54) is 6.08 Å². The lowest BCUT2D eigenvalue weighted by Crippen LogP contribution is -2.23. The van der Waals surface area contributed by atoms with Gasteiger partial charge in [-0.1, -0.05) is 19.4 Å². The molecule has 0 aliphatic carbocycles. The van der Waals surface area contributed by atoms with E-state index in [2.05, 4.69) is 12.2 Å². The topological polar surface area (TPSA) is 73.6 Å². The van der Waals surface area contributed by atoms with Crippen LogP contribution in [0.5, 0.6) is 5.75 Å². The van der Waals surface area contributed by atoms with Crippen molar-refractivity contribution >= 4 is 17.7 Å². The van der Waals surface area contributed by atoms with Gasteiger partial charge in [0.15, 0.2) is 0 Å². The van der Waals surface area contributed by atoms with Crippen LogP contribution in [0, 0.1) is 0 Å². The molecule has 5 heteroatoms. The number of carbonyl (C=O) groups excluding carboxylic acids is 1. The fourth-order valence-corrected chi connectivity index (χ4v) is 1.89. The summed E-state index contributed by atoms with van der Waals surface area (Å²) >= 11 is 0. The normalized spacial score (nSPS) is 10.9. The molecular formula is C18H28N2O3. The van der Waals surface area contributed by atoms with Crippen LogP contribution >= 0.6 is 0 Å². The van der Waals surface area contributed by atoms with Gasteiger partial charge in [-0.3, -0.25) is 4.79 Å². The number of rotatable bonds is 11. The highest BCUT2D eigenvalue weighted by Crippen LogP contribution is 2.23. The molecule has 5 nitrogen and oxygen atoms in total. The molecule has 0 saturated carbocycles. The van der Waals surface area contributed by atoms with Crippen LogP contribution in [0.2, 0.25) is 0 Å². The van der Waals surface area contributed by atoms with Gasteiger partial charge < -0.3 is 20.5 Å². The number of nitrogen functional groups attached to an aromatic ring is 1. The Hall–Kier alpha value is -2.01. The number of nitrogens with one attached hydrogen (secondary N) is 1. The fourth-order valence-electron chi connectivity index (χ4n) is 1.89. The minimum absolute atomic E-state index is 0.122. The van der Waals surface area contributed by atoms with Crippen molar-refractivity contribution in [1.82, 2.24) is 5.32 Å². The zero-order chi connectivity index (χ0) is 16.9. The van der Waals surface area contributed by atoms with E-state index >= 15 is 0 Å². The molecule has 0 aliphatic heterocycles. The van der Waals surface area contributed by atoms with Crippen molar-refractivity contribution in [1.29, 1.82) is 0 Å². The molecule has 0 saturated heterocycles. The van der Waals surface area contributed by atoms with Gasteiger partial charge in [0.25, 0.3) is 0 Å². The number of carbonyl (C=O) groups is 1. The number of benzene rings is 1. The van der Waals surface area contributed by atoms with Crippen LogP contribution < -0.4 is 15.8 Å². The minimum atomic E-state index is -0.122. The van der Waals surface area contributed by atoms with Crippen molar-refractivity contribution in [3.8, 4) is 5.75 Å². The van der Waals surface area contributed by atoms with Gasteiger partial charge in [0.1, 0.15) is 5.75 Å². The zero-order valence-electron chi connectivity index (χ0n) is 14.1. The summed E-state index contributed by atoms with van der Waals surface area (Å²) in [5.74, 6) is 0.569. The predicted octanol–water partition coefficient (Wildman–Crippen LogP) is 3.00. The average Bonchev–Trinajstić information content (AvgIpc) is 2.54. The molecule has 0 fully saturated rings. The number of unbranched alkanes of at least 4 members (excludes halogenated alkanes) is 1. The van der Waals surface area contributed by atoms with Gasteiger partial charge in [0.05, 0.1) is 12.3 Å². The maximum atomic E-state index is 11.7. The molecular weight excluding hydrogens is 292 g/mol. The second-order valence-corrected chi connectivity index (χ2v) is 5.17. The van der Waals surface area contributed by atoms with E-state index in [4.69, 9.17) is 15.2 Å². The number of amides is 1. The first-order valence-corrected chi connectivity index (χ1v) is 8.23. The molecule has 1 aromatic rings. The standard InChI is InChI=1S/C18H28N2O3/c1-3-5-13-23-17-9-7-15(14-16(17)19)8-10-18(21)20-11-6-12-22-4-2/h7-10,14H,3-6,11-13,19H2,1-2H3,(H,20,21)/b10-8-. The third kappa shape index (κ3) is 8.26. The Morgan fingerprint density at radius 3 is 2.78 bits per heavy atom. The molecule has 0 aliphatic rings. The van der Waals surface area contributed by atoms with Gasteiger partial charge >= 0.3 is 0 Å². The van der Waals surface area contributed by atoms with E-state index in [1.807, 2.05) is 19.1 Å². The summed E-state index contributed by atoms with van der Waals surface area (Å²) in [6.07, 6.45) is 6.15. The van der Waals surface area contributed by atoms with E-state index in [-0.39, 0.29) is 5.91 Å². The lowest BCUT2D eigenvalue weighted by atomic mass is 10.1. The summed E-state index contributed by atoms with van der Waals surface area (Å²) in [5, 5.41) is 2.81. The molecule has 0 bridgehead atoms. The molecule has 0 unspecified atom stereocenters. The zero-order valence-corrected chi connectivity index (χ0v) is 14.1. The highest BCUT2D eigenvalue weighted by molar-refractivity contribution is 5.91. The van der Waals surface area contributed by atoms with E-state index < -0.39 is 0 Å². The Morgan fingerprint density at radius 2 is 2.09 bits per heavy atom. The summed E-state index contributed by atoms with van der Waals surface area (Å²) in [6, 6.07) is 5.53. The van der Waals surface area contributed by atoms with Crippen LogP contribution in [0.3, 0.4) is 0 Å². The van der Waals surface area contributed by atoms with Crippen molar-refractivity contribution in [2.24, 2.45) is 0 Å². The number of ether oxygens (including phenoxy) is 2. The number of anilines is 1. The van der Waals surface area contributed by atoms with Crippen LogP contribution in [0.1, 0.15) is 38.7 Å². The molecule has 128 valence electrons. The van der Waals surface area contributed by atoms with Gasteiger partial charge in [-0.25, -0.2) is 0 Å². The van der Waals surface area contributed by atoms with E-state index in [9.17, 15) is 4.79 Å². The Bertz CT molecular complexity index is 501. The second kappa shape index (κ2) is 11.5. The highest BCUT2D eigenvalue weighted by atomic mass is 16.5. The van der Waals surface area contributed by atoms with Crippen molar-refractivity contribution in [3.63, 3.8) is 0 Å². The third-order valence-electron chi connectivity index (χ3n) is 3.19. The van der Waals surface area contributed by atoms with Crippen molar-refractivity contribution in [3.05, 3.63) is 29.8 Å². The first-order chi connectivity index (χ1) is 11.2. The van der Waals surface area contributed by atoms with Crippen molar-refractivity contribution in [2.45, 2.75) is 33.1 Å². The largest absolute Gasteiger partial charge is 0.491 e. The molecule has 0 aromatic heterocycles. The molecule has 0 spiro atoms. The summed E-state index contributed by atoms with van der Waals surface area (Å²) in [6.45, 7) is 6.70. The van der Waals surface area contributed by atoms with Crippen LogP contribution in [-0.4, -0.2) is 32.3 Å². The smallest absolute Gasteiger partial charge is 0.244 e. The summed E-state index contributed by atoms with van der Waals surface area (Å²) in [7, 11) is 0. The SMILES string of the molecule is CCCCOc1ccc(/C=C\C(=O)NCCCOCC)cc1N. The van der Waals surface area contributed by atoms with Gasteiger partial charge in [-0.05, 0) is 43.5 Å².